The lowest BCUT2D eigenvalue weighted by Crippen LogP contribution is -2.38. The van der Waals surface area contributed by atoms with Crippen molar-refractivity contribution >= 4 is 34.7 Å². The molecule has 1 aliphatic heterocycles. The maximum absolute atomic E-state index is 13.3. The number of nitrogens with one attached hydrogen (secondary N) is 1. The molecular formula is C23H25ClN8O3. The molecule has 0 radical (unpaired) electrons. The van der Waals surface area contributed by atoms with Crippen molar-refractivity contribution in [1.82, 2.24) is 29.3 Å². The second-order valence-corrected chi connectivity index (χ2v) is 8.49. The zero-order chi connectivity index (χ0) is 24.4. The van der Waals surface area contributed by atoms with Crippen LogP contribution < -0.4 is 15.8 Å². The standard InChI is InChI=1S/C23H25ClN8O3/c1-34-18-4-3-15(24)13-16(18)20-17(14-31(28-20)8-7-30-9-11-35-12-10-30)27-23(33)19-21(25)29-32-6-2-5-26-22(19)32/h2-6,13-14H,7-12H2,1H3,(H2,25,29)(H,27,33). The van der Waals surface area contributed by atoms with E-state index < -0.39 is 5.91 Å². The first-order valence-corrected chi connectivity index (χ1v) is 11.5. The number of carbonyl (C=O) groups excluding carboxylic acids is 1. The highest BCUT2D eigenvalue weighted by Gasteiger charge is 2.23. The number of anilines is 2. The van der Waals surface area contributed by atoms with Gasteiger partial charge in [0, 0.05) is 48.8 Å². The molecule has 1 amide bonds. The summed E-state index contributed by atoms with van der Waals surface area (Å²) in [5.41, 5.74) is 8.29. The predicted octanol–water partition coefficient (Wildman–Crippen LogP) is 2.42. The predicted molar refractivity (Wildman–Crippen MR) is 132 cm³/mol. The van der Waals surface area contributed by atoms with Crippen LogP contribution in [0.25, 0.3) is 16.9 Å². The van der Waals surface area contributed by atoms with E-state index in [9.17, 15) is 4.79 Å². The van der Waals surface area contributed by atoms with Crippen molar-refractivity contribution in [3.8, 4) is 17.0 Å². The van der Waals surface area contributed by atoms with Crippen molar-refractivity contribution < 1.29 is 14.3 Å². The first-order chi connectivity index (χ1) is 17.0. The molecule has 3 aromatic heterocycles. The molecule has 0 unspecified atom stereocenters. The molecule has 1 aromatic carbocycles. The minimum atomic E-state index is -0.439. The summed E-state index contributed by atoms with van der Waals surface area (Å²) in [4.78, 5) is 19.9. The molecule has 4 aromatic rings. The Bertz CT molecular complexity index is 1360. The van der Waals surface area contributed by atoms with E-state index in [2.05, 4.69) is 20.3 Å². The largest absolute Gasteiger partial charge is 0.496 e. The first-order valence-electron chi connectivity index (χ1n) is 11.1. The van der Waals surface area contributed by atoms with E-state index in [-0.39, 0.29) is 11.4 Å². The van der Waals surface area contributed by atoms with E-state index in [1.165, 1.54) is 4.52 Å². The van der Waals surface area contributed by atoms with Crippen LogP contribution >= 0.6 is 11.6 Å². The van der Waals surface area contributed by atoms with Gasteiger partial charge in [0.1, 0.15) is 17.0 Å². The summed E-state index contributed by atoms with van der Waals surface area (Å²) in [6.45, 7) is 4.63. The van der Waals surface area contributed by atoms with Crippen LogP contribution in [0.2, 0.25) is 5.02 Å². The number of ether oxygens (including phenoxy) is 2. The number of amides is 1. The molecule has 12 heteroatoms. The zero-order valence-corrected chi connectivity index (χ0v) is 19.9. The second kappa shape index (κ2) is 9.90. The van der Waals surface area contributed by atoms with Gasteiger partial charge < -0.3 is 20.5 Å². The van der Waals surface area contributed by atoms with Gasteiger partial charge in [-0.1, -0.05) is 11.6 Å². The van der Waals surface area contributed by atoms with Crippen molar-refractivity contribution in [2.75, 3.05) is 51.0 Å². The highest BCUT2D eigenvalue weighted by Crippen LogP contribution is 2.36. The van der Waals surface area contributed by atoms with Crippen LogP contribution in [-0.4, -0.2) is 75.1 Å². The monoisotopic (exact) mass is 496 g/mol. The van der Waals surface area contributed by atoms with Crippen LogP contribution in [0.3, 0.4) is 0 Å². The summed E-state index contributed by atoms with van der Waals surface area (Å²) in [6.07, 6.45) is 5.06. The van der Waals surface area contributed by atoms with E-state index >= 15 is 0 Å². The molecule has 0 spiro atoms. The Kier molecular flexibility index (Phi) is 6.53. The van der Waals surface area contributed by atoms with Gasteiger partial charge in [0.15, 0.2) is 11.5 Å². The van der Waals surface area contributed by atoms with Crippen LogP contribution in [0.4, 0.5) is 11.5 Å². The normalized spacial score (nSPS) is 14.3. The molecule has 5 rings (SSSR count). The number of aromatic nitrogens is 5. The van der Waals surface area contributed by atoms with E-state index in [0.717, 1.165) is 32.8 Å². The molecule has 182 valence electrons. The van der Waals surface area contributed by atoms with Crippen LogP contribution in [0.15, 0.2) is 42.9 Å². The van der Waals surface area contributed by atoms with Crippen molar-refractivity contribution in [3.05, 3.63) is 53.4 Å². The number of nitrogens with zero attached hydrogens (tertiary/aromatic N) is 6. The van der Waals surface area contributed by atoms with Gasteiger partial charge in [0.05, 0.1) is 32.6 Å². The van der Waals surface area contributed by atoms with Gasteiger partial charge in [0.25, 0.3) is 5.91 Å². The maximum atomic E-state index is 13.3. The minimum absolute atomic E-state index is 0.0859. The molecule has 1 saturated heterocycles. The number of fused-ring (bicyclic) bond motifs is 1. The Labute approximate surface area is 206 Å². The Morgan fingerprint density at radius 2 is 2.09 bits per heavy atom. The summed E-state index contributed by atoms with van der Waals surface area (Å²) >= 11 is 6.29. The number of nitrogen functional groups attached to an aromatic ring is 1. The van der Waals surface area contributed by atoms with Crippen molar-refractivity contribution in [3.63, 3.8) is 0 Å². The number of halogens is 1. The van der Waals surface area contributed by atoms with E-state index in [1.807, 2.05) is 0 Å². The fourth-order valence-corrected chi connectivity index (χ4v) is 4.24. The summed E-state index contributed by atoms with van der Waals surface area (Å²) in [5, 5.41) is 12.4. The fraction of sp³-hybridized carbons (Fsp3) is 0.304. The quantitative estimate of drug-likeness (QED) is 0.399. The van der Waals surface area contributed by atoms with E-state index in [0.29, 0.717) is 39.9 Å². The lowest BCUT2D eigenvalue weighted by atomic mass is 10.1. The Morgan fingerprint density at radius 1 is 1.26 bits per heavy atom. The fourth-order valence-electron chi connectivity index (χ4n) is 4.07. The number of hydrogen-bond donors (Lipinski definition) is 2. The van der Waals surface area contributed by atoms with Gasteiger partial charge in [-0.15, -0.1) is 5.10 Å². The lowest BCUT2D eigenvalue weighted by Gasteiger charge is -2.26. The highest BCUT2D eigenvalue weighted by molar-refractivity contribution is 6.31. The number of morpholine rings is 1. The van der Waals surface area contributed by atoms with Crippen LogP contribution in [0.5, 0.6) is 5.75 Å². The van der Waals surface area contributed by atoms with Crippen molar-refractivity contribution in [1.29, 1.82) is 0 Å². The number of nitrogens with two attached hydrogens (primary N) is 1. The van der Waals surface area contributed by atoms with Gasteiger partial charge in [-0.3, -0.25) is 14.4 Å². The number of benzene rings is 1. The zero-order valence-electron chi connectivity index (χ0n) is 19.1. The third-order valence-corrected chi connectivity index (χ3v) is 6.06. The van der Waals surface area contributed by atoms with Crippen LogP contribution in [-0.2, 0) is 11.3 Å². The Hall–Kier alpha value is -3.67. The topological polar surface area (TPSA) is 125 Å². The third kappa shape index (κ3) is 4.78. The molecule has 35 heavy (non-hydrogen) atoms. The summed E-state index contributed by atoms with van der Waals surface area (Å²) < 4.78 is 14.2. The maximum Gasteiger partial charge on any atom is 0.263 e. The molecule has 1 aliphatic rings. The van der Waals surface area contributed by atoms with Crippen molar-refractivity contribution in [2.24, 2.45) is 0 Å². The first kappa shape index (κ1) is 23.1. The summed E-state index contributed by atoms with van der Waals surface area (Å²) in [5.74, 6) is 0.231. The van der Waals surface area contributed by atoms with E-state index in [1.54, 1.807) is 54.6 Å². The number of hydrogen-bond acceptors (Lipinski definition) is 8. The third-order valence-electron chi connectivity index (χ3n) is 5.83. The lowest BCUT2D eigenvalue weighted by molar-refractivity contribution is 0.0360. The van der Waals surface area contributed by atoms with Gasteiger partial charge in [0.2, 0.25) is 0 Å². The number of methoxy groups -OCH3 is 1. The second-order valence-electron chi connectivity index (χ2n) is 8.06. The minimum Gasteiger partial charge on any atom is -0.496 e. The molecule has 0 aliphatic carbocycles. The van der Waals surface area contributed by atoms with Crippen LogP contribution in [0, 0.1) is 0 Å². The molecule has 11 nitrogen and oxygen atoms in total. The molecule has 3 N–H and O–H groups in total. The number of carbonyl (C=O) groups is 1. The number of rotatable bonds is 7. The van der Waals surface area contributed by atoms with E-state index in [4.69, 9.17) is 31.9 Å². The Balaban J connectivity index is 1.49. The van der Waals surface area contributed by atoms with Gasteiger partial charge in [-0.2, -0.15) is 5.10 Å². The molecule has 0 atom stereocenters. The molecule has 4 heterocycles. The average molecular weight is 497 g/mol. The van der Waals surface area contributed by atoms with Gasteiger partial charge in [-0.05, 0) is 24.3 Å². The Morgan fingerprint density at radius 3 is 2.89 bits per heavy atom. The molecule has 0 saturated carbocycles. The summed E-state index contributed by atoms with van der Waals surface area (Å²) in [6, 6.07) is 6.98. The highest BCUT2D eigenvalue weighted by atomic mass is 35.5. The average Bonchev–Trinajstić information content (AvgIpc) is 3.42. The molecule has 1 fully saturated rings. The van der Waals surface area contributed by atoms with Crippen LogP contribution in [0.1, 0.15) is 10.4 Å². The van der Waals surface area contributed by atoms with Gasteiger partial charge >= 0.3 is 0 Å². The molecular weight excluding hydrogens is 472 g/mol. The SMILES string of the molecule is COc1ccc(Cl)cc1-c1nn(CCN2CCOCC2)cc1NC(=O)c1c(N)nn2cccnc12. The molecule has 0 bridgehead atoms. The van der Waals surface area contributed by atoms with Crippen molar-refractivity contribution in [2.45, 2.75) is 6.54 Å². The van der Waals surface area contributed by atoms with Gasteiger partial charge in [-0.25, -0.2) is 9.50 Å². The smallest absolute Gasteiger partial charge is 0.263 e. The summed E-state index contributed by atoms with van der Waals surface area (Å²) in [7, 11) is 1.58.